The molecule has 4 nitrogen and oxygen atoms in total. The number of hydrogen-bond donors (Lipinski definition) is 1. The van der Waals surface area contributed by atoms with Gasteiger partial charge >= 0.3 is 14.4 Å². The van der Waals surface area contributed by atoms with Gasteiger partial charge in [-0.25, -0.2) is 4.79 Å². The highest BCUT2D eigenvalue weighted by Gasteiger charge is 2.52. The minimum Gasteiger partial charge on any atom is -0.534 e. The number of carbonyl (C=O) groups excluding carboxylic acids is 1. The summed E-state index contributed by atoms with van der Waals surface area (Å²) in [7, 11) is -2.68. The first kappa shape index (κ1) is 27.3. The molecule has 0 aromatic heterocycles. The van der Waals surface area contributed by atoms with Gasteiger partial charge in [-0.05, 0) is 60.3 Å². The zero-order valence-corrected chi connectivity index (χ0v) is 23.4. The molecule has 0 saturated carbocycles. The number of alkyl carbamates (subject to hydrolysis) is 1. The summed E-state index contributed by atoms with van der Waals surface area (Å²) >= 11 is 0. The maximum absolute atomic E-state index is 12.2. The largest absolute Gasteiger partial charge is 0.534 e. The molecule has 5 heteroatoms. The lowest BCUT2D eigenvalue weighted by Gasteiger charge is -2.43. The van der Waals surface area contributed by atoms with Gasteiger partial charge in [-0.15, -0.1) is 6.58 Å². The zero-order chi connectivity index (χ0) is 26.4. The lowest BCUT2D eigenvalue weighted by molar-refractivity contribution is 0.0514. The van der Waals surface area contributed by atoms with E-state index in [9.17, 15) is 4.79 Å². The number of carbonyl (C=O) groups is 1. The maximum Gasteiger partial charge on any atom is 0.408 e. The van der Waals surface area contributed by atoms with Crippen molar-refractivity contribution in [3.63, 3.8) is 0 Å². The third-order valence-corrected chi connectivity index (χ3v) is 11.0. The van der Waals surface area contributed by atoms with E-state index in [0.29, 0.717) is 6.42 Å². The Bertz CT molecular complexity index is 1090. The van der Waals surface area contributed by atoms with E-state index in [1.54, 1.807) is 6.08 Å². The van der Waals surface area contributed by atoms with Crippen LogP contribution in [0.4, 0.5) is 4.79 Å². The second kappa shape index (κ2) is 11.2. The van der Waals surface area contributed by atoms with Crippen LogP contribution < -0.4 is 20.1 Å². The molecule has 0 saturated heterocycles. The smallest absolute Gasteiger partial charge is 0.408 e. The van der Waals surface area contributed by atoms with Crippen molar-refractivity contribution in [2.45, 2.75) is 64.6 Å². The molecule has 36 heavy (non-hydrogen) atoms. The van der Waals surface area contributed by atoms with E-state index in [1.165, 1.54) is 10.4 Å². The topological polar surface area (TPSA) is 47.6 Å². The van der Waals surface area contributed by atoms with Gasteiger partial charge in [0.2, 0.25) is 0 Å². The minimum absolute atomic E-state index is 0.111. The van der Waals surface area contributed by atoms with Crippen LogP contribution in [-0.4, -0.2) is 26.1 Å². The van der Waals surface area contributed by atoms with Crippen LogP contribution in [0, 0.1) is 0 Å². The molecule has 3 aromatic carbocycles. The maximum atomic E-state index is 12.2. The van der Waals surface area contributed by atoms with Crippen molar-refractivity contribution in [2.24, 2.45) is 0 Å². The molecule has 0 aliphatic heterocycles. The fourth-order valence-corrected chi connectivity index (χ4v) is 8.85. The quantitative estimate of drug-likeness (QED) is 0.293. The van der Waals surface area contributed by atoms with E-state index in [1.807, 2.05) is 45.0 Å². The van der Waals surface area contributed by atoms with Gasteiger partial charge in [0, 0.05) is 0 Å². The Balaban J connectivity index is 1.88. The van der Waals surface area contributed by atoms with Crippen LogP contribution in [0.25, 0.3) is 0 Å². The van der Waals surface area contributed by atoms with Crippen molar-refractivity contribution in [1.29, 1.82) is 0 Å². The van der Waals surface area contributed by atoms with E-state index in [4.69, 9.17) is 9.16 Å². The molecule has 0 aliphatic rings. The molecule has 0 unspecified atom stereocenters. The predicted molar refractivity (Wildman–Crippen MR) is 152 cm³/mol. The highest BCUT2D eigenvalue weighted by Crippen LogP contribution is 2.37. The van der Waals surface area contributed by atoms with Gasteiger partial charge in [0.15, 0.2) is 0 Å². The van der Waals surface area contributed by atoms with Crippen LogP contribution in [0.2, 0.25) is 5.04 Å². The van der Waals surface area contributed by atoms with Gasteiger partial charge in [0.25, 0.3) is 0 Å². The summed E-state index contributed by atoms with van der Waals surface area (Å²) in [5.41, 5.74) is 0.529. The van der Waals surface area contributed by atoms with Gasteiger partial charge < -0.3 is 14.5 Å². The molecule has 3 rings (SSSR count). The van der Waals surface area contributed by atoms with E-state index in [0.717, 1.165) is 11.3 Å². The Hall–Kier alpha value is -3.31. The minimum atomic E-state index is -2.68. The third kappa shape index (κ3) is 6.67. The standard InChI is InChI=1S/C31H39NO3Si/c1-8-25(32-29(33)34-30(2,3)4)23-24-19-21-26(22-20-24)35-36(31(5,6)7,27-15-11-9-12-16-27)28-17-13-10-14-18-28/h8-22,25H,1,23H2,2-7H3,(H,32,33)/t25-/m0/s1. The average molecular weight is 502 g/mol. The molecule has 0 bridgehead atoms. The molecule has 1 amide bonds. The van der Waals surface area contributed by atoms with Crippen LogP contribution in [0.5, 0.6) is 5.75 Å². The monoisotopic (exact) mass is 501 g/mol. The molecule has 3 aromatic rings. The Morgan fingerprint density at radius 1 is 0.861 bits per heavy atom. The predicted octanol–water partition coefficient (Wildman–Crippen LogP) is 6.25. The van der Waals surface area contributed by atoms with E-state index >= 15 is 0 Å². The second-order valence-electron chi connectivity index (χ2n) is 11.1. The summed E-state index contributed by atoms with van der Waals surface area (Å²) in [5.74, 6) is 0.836. The van der Waals surface area contributed by atoms with Crippen molar-refractivity contribution < 1.29 is 14.0 Å². The molecule has 1 N–H and O–H groups in total. The van der Waals surface area contributed by atoms with Crippen LogP contribution in [0.3, 0.4) is 0 Å². The first-order chi connectivity index (χ1) is 16.9. The van der Waals surface area contributed by atoms with Crippen molar-refractivity contribution in [3.8, 4) is 5.75 Å². The summed E-state index contributed by atoms with van der Waals surface area (Å²) in [6, 6.07) is 29.2. The van der Waals surface area contributed by atoms with Crippen molar-refractivity contribution >= 4 is 24.8 Å². The van der Waals surface area contributed by atoms with Gasteiger partial charge in [-0.2, -0.15) is 0 Å². The normalized spacial score (nSPS) is 12.9. The zero-order valence-electron chi connectivity index (χ0n) is 22.4. The third-order valence-electron chi connectivity index (χ3n) is 6.05. The number of amides is 1. The van der Waals surface area contributed by atoms with E-state index in [-0.39, 0.29) is 11.1 Å². The Labute approximate surface area is 217 Å². The molecule has 0 aliphatic carbocycles. The number of ether oxygens (including phenoxy) is 1. The first-order valence-corrected chi connectivity index (χ1v) is 14.4. The highest BCUT2D eigenvalue weighted by molar-refractivity contribution is 7.00. The highest BCUT2D eigenvalue weighted by atomic mass is 28.4. The van der Waals surface area contributed by atoms with Gasteiger partial charge in [0.1, 0.15) is 11.4 Å². The first-order valence-electron chi connectivity index (χ1n) is 12.5. The Morgan fingerprint density at radius 3 is 1.78 bits per heavy atom. The van der Waals surface area contributed by atoms with Gasteiger partial charge in [-0.1, -0.05) is 99.6 Å². The van der Waals surface area contributed by atoms with Crippen molar-refractivity contribution in [1.82, 2.24) is 5.32 Å². The number of hydrogen-bond acceptors (Lipinski definition) is 3. The molecular formula is C31H39NO3Si. The van der Waals surface area contributed by atoms with Gasteiger partial charge in [-0.3, -0.25) is 0 Å². The average Bonchev–Trinajstić information content (AvgIpc) is 2.82. The fourth-order valence-electron chi connectivity index (χ4n) is 4.43. The summed E-state index contributed by atoms with van der Waals surface area (Å²) in [4.78, 5) is 12.2. The molecule has 0 fully saturated rings. The van der Waals surface area contributed by atoms with E-state index in [2.05, 4.69) is 93.3 Å². The summed E-state index contributed by atoms with van der Waals surface area (Å²) in [6.45, 7) is 16.2. The lowest BCUT2D eigenvalue weighted by atomic mass is 10.1. The van der Waals surface area contributed by atoms with Crippen molar-refractivity contribution in [2.75, 3.05) is 0 Å². The van der Waals surface area contributed by atoms with E-state index < -0.39 is 20.0 Å². The van der Waals surface area contributed by atoms with Crippen LogP contribution in [0.1, 0.15) is 47.1 Å². The Kier molecular flexibility index (Phi) is 8.46. The van der Waals surface area contributed by atoms with Crippen molar-refractivity contribution in [3.05, 3.63) is 103 Å². The SMILES string of the molecule is C=C[C@@H](Cc1ccc(O[Si](c2ccccc2)(c2ccccc2)C(C)(C)C)cc1)NC(=O)OC(C)(C)C. The number of benzene rings is 3. The summed E-state index contributed by atoms with van der Waals surface area (Å²) in [5, 5.41) is 5.25. The Morgan fingerprint density at radius 2 is 1.36 bits per heavy atom. The summed E-state index contributed by atoms with van der Waals surface area (Å²) < 4.78 is 12.5. The van der Waals surface area contributed by atoms with Gasteiger partial charge in [0.05, 0.1) is 6.04 Å². The van der Waals surface area contributed by atoms with Crippen LogP contribution in [-0.2, 0) is 11.2 Å². The molecule has 0 heterocycles. The molecule has 0 spiro atoms. The number of rotatable bonds is 8. The molecule has 0 radical (unpaired) electrons. The summed E-state index contributed by atoms with van der Waals surface area (Å²) in [6.07, 6.45) is 1.90. The number of nitrogens with one attached hydrogen (secondary N) is 1. The molecule has 190 valence electrons. The van der Waals surface area contributed by atoms with Crippen LogP contribution in [0.15, 0.2) is 97.6 Å². The second-order valence-corrected chi connectivity index (χ2v) is 15.3. The lowest BCUT2D eigenvalue weighted by Crippen LogP contribution is -2.68. The fraction of sp³-hybridized carbons (Fsp3) is 0.323. The van der Waals surface area contributed by atoms with Crippen LogP contribution >= 0.6 is 0 Å². The molecular weight excluding hydrogens is 462 g/mol. The molecule has 1 atom stereocenters.